The van der Waals surface area contributed by atoms with Crippen molar-refractivity contribution in [2.75, 3.05) is 6.54 Å². The van der Waals surface area contributed by atoms with E-state index in [1.165, 1.54) is 0 Å². The Morgan fingerprint density at radius 3 is 2.39 bits per heavy atom. The molecule has 1 aromatic carbocycles. The van der Waals surface area contributed by atoms with Gasteiger partial charge in [-0.2, -0.15) is 0 Å². The van der Waals surface area contributed by atoms with E-state index in [4.69, 9.17) is 0 Å². The van der Waals surface area contributed by atoms with Crippen molar-refractivity contribution < 1.29 is 4.79 Å². The molecule has 100 valence electrons. The van der Waals surface area contributed by atoms with Crippen molar-refractivity contribution in [3.05, 3.63) is 35.9 Å². The second kappa shape index (κ2) is 7.57. The van der Waals surface area contributed by atoms with Gasteiger partial charge in [0.25, 0.3) is 0 Å². The molecular weight excluding hydrogens is 290 g/mol. The van der Waals surface area contributed by atoms with E-state index in [1.54, 1.807) is 0 Å². The molecule has 2 nitrogen and oxygen atoms in total. The van der Waals surface area contributed by atoms with E-state index in [2.05, 4.69) is 35.1 Å². The van der Waals surface area contributed by atoms with Gasteiger partial charge in [-0.1, -0.05) is 73.5 Å². The Bertz CT molecular complexity index is 364. The van der Waals surface area contributed by atoms with Gasteiger partial charge < -0.3 is 5.32 Å². The minimum atomic E-state index is -0.0533. The Hall–Kier alpha value is -0.830. The van der Waals surface area contributed by atoms with Crippen molar-refractivity contribution in [3.63, 3.8) is 0 Å². The summed E-state index contributed by atoms with van der Waals surface area (Å²) in [5, 5.41) is 3.01. The highest BCUT2D eigenvalue weighted by Crippen LogP contribution is 2.27. The summed E-state index contributed by atoms with van der Waals surface area (Å²) in [6.45, 7) is 6.95. The monoisotopic (exact) mass is 311 g/mol. The maximum atomic E-state index is 12.3. The fraction of sp³-hybridized carbons (Fsp3) is 0.533. The summed E-state index contributed by atoms with van der Waals surface area (Å²) in [7, 11) is 0. The number of nitrogens with one attached hydrogen (secondary N) is 1. The molecule has 0 spiro atoms. The van der Waals surface area contributed by atoms with E-state index in [1.807, 2.05) is 37.3 Å². The highest BCUT2D eigenvalue weighted by Gasteiger charge is 2.25. The van der Waals surface area contributed by atoms with Crippen LogP contribution in [0.3, 0.4) is 0 Å². The first-order valence-electron chi connectivity index (χ1n) is 6.53. The molecule has 3 atom stereocenters. The highest BCUT2D eigenvalue weighted by molar-refractivity contribution is 9.09. The number of carbonyl (C=O) groups excluding carboxylic acids is 1. The van der Waals surface area contributed by atoms with Crippen LogP contribution in [0.15, 0.2) is 30.3 Å². The van der Waals surface area contributed by atoms with Crippen LogP contribution in [0.25, 0.3) is 0 Å². The molecule has 0 fully saturated rings. The number of carbonyl (C=O) groups is 1. The first-order valence-corrected chi connectivity index (χ1v) is 7.44. The number of amides is 1. The molecule has 3 unspecified atom stereocenters. The van der Waals surface area contributed by atoms with Crippen molar-refractivity contribution in [2.24, 2.45) is 5.92 Å². The fourth-order valence-corrected chi connectivity index (χ4v) is 2.15. The van der Waals surface area contributed by atoms with Gasteiger partial charge in [-0.15, -0.1) is 0 Å². The summed E-state index contributed by atoms with van der Waals surface area (Å²) >= 11 is 3.45. The molecule has 0 aliphatic rings. The maximum Gasteiger partial charge on any atom is 0.227 e. The number of rotatable bonds is 6. The molecule has 0 radical (unpaired) electrons. The standard InChI is InChI=1S/C15H22BrNO/c1-4-11(2)14(13-8-6-5-7-9-13)15(18)17-10-12(3)16/h5-9,11-12,14H,4,10H2,1-3H3,(H,17,18). The average Bonchev–Trinajstić information content (AvgIpc) is 2.37. The molecule has 1 aromatic rings. The van der Waals surface area contributed by atoms with E-state index in [0.717, 1.165) is 12.0 Å². The lowest BCUT2D eigenvalue weighted by atomic mass is 9.85. The van der Waals surface area contributed by atoms with Crippen molar-refractivity contribution >= 4 is 21.8 Å². The fourth-order valence-electron chi connectivity index (χ4n) is 1.99. The lowest BCUT2D eigenvalue weighted by Gasteiger charge is -2.23. The minimum absolute atomic E-state index is 0.0533. The number of benzene rings is 1. The molecule has 0 aromatic heterocycles. The molecular formula is C15H22BrNO. The first kappa shape index (κ1) is 15.2. The Kier molecular flexibility index (Phi) is 6.41. The quantitative estimate of drug-likeness (QED) is 0.797. The van der Waals surface area contributed by atoms with Crippen molar-refractivity contribution in [1.82, 2.24) is 5.32 Å². The summed E-state index contributed by atoms with van der Waals surface area (Å²) in [4.78, 5) is 12.6. The second-order valence-corrected chi connectivity index (χ2v) is 6.36. The molecule has 3 heteroatoms. The van der Waals surface area contributed by atoms with Crippen LogP contribution < -0.4 is 5.32 Å². The van der Waals surface area contributed by atoms with Crippen LogP contribution in [0.5, 0.6) is 0 Å². The van der Waals surface area contributed by atoms with E-state index in [0.29, 0.717) is 17.3 Å². The third kappa shape index (κ3) is 4.45. The zero-order valence-electron chi connectivity index (χ0n) is 11.3. The predicted molar refractivity (Wildman–Crippen MR) is 80.0 cm³/mol. The number of alkyl halides is 1. The molecule has 0 bridgehead atoms. The second-order valence-electron chi connectivity index (χ2n) is 4.80. The molecule has 0 heterocycles. The zero-order chi connectivity index (χ0) is 13.5. The average molecular weight is 312 g/mol. The van der Waals surface area contributed by atoms with Gasteiger partial charge in [0.15, 0.2) is 0 Å². The Labute approximate surface area is 118 Å². The van der Waals surface area contributed by atoms with E-state index >= 15 is 0 Å². The summed E-state index contributed by atoms with van der Waals surface area (Å²) in [6, 6.07) is 10.0. The molecule has 1 amide bonds. The van der Waals surface area contributed by atoms with Gasteiger partial charge >= 0.3 is 0 Å². The van der Waals surface area contributed by atoms with Gasteiger partial charge in [-0.3, -0.25) is 4.79 Å². The third-order valence-electron chi connectivity index (χ3n) is 3.21. The third-order valence-corrected chi connectivity index (χ3v) is 3.54. The Morgan fingerprint density at radius 1 is 1.28 bits per heavy atom. The maximum absolute atomic E-state index is 12.3. The van der Waals surface area contributed by atoms with Gasteiger partial charge in [0.1, 0.15) is 0 Å². The lowest BCUT2D eigenvalue weighted by Crippen LogP contribution is -2.35. The summed E-state index contributed by atoms with van der Waals surface area (Å²) in [5.74, 6) is 0.419. The zero-order valence-corrected chi connectivity index (χ0v) is 12.9. The molecule has 0 aliphatic carbocycles. The minimum Gasteiger partial charge on any atom is -0.354 e. The van der Waals surface area contributed by atoms with Gasteiger partial charge in [0.05, 0.1) is 5.92 Å². The van der Waals surface area contributed by atoms with Gasteiger partial charge in [-0.05, 0) is 11.5 Å². The van der Waals surface area contributed by atoms with Crippen LogP contribution in [0, 0.1) is 5.92 Å². The van der Waals surface area contributed by atoms with E-state index < -0.39 is 0 Å². The van der Waals surface area contributed by atoms with Crippen LogP contribution >= 0.6 is 15.9 Å². The molecule has 0 saturated carbocycles. The molecule has 0 saturated heterocycles. The molecule has 1 N–H and O–H groups in total. The lowest BCUT2D eigenvalue weighted by molar-refractivity contribution is -0.123. The molecule has 0 aliphatic heterocycles. The van der Waals surface area contributed by atoms with Crippen molar-refractivity contribution in [3.8, 4) is 0 Å². The Morgan fingerprint density at radius 2 is 1.89 bits per heavy atom. The summed E-state index contributed by atoms with van der Waals surface area (Å²) in [6.07, 6.45) is 0.997. The normalized spacial score (nSPS) is 15.8. The van der Waals surface area contributed by atoms with Crippen LogP contribution in [0.4, 0.5) is 0 Å². The molecule has 1 rings (SSSR count). The first-order chi connectivity index (χ1) is 8.56. The number of hydrogen-bond donors (Lipinski definition) is 1. The van der Waals surface area contributed by atoms with Crippen molar-refractivity contribution in [1.29, 1.82) is 0 Å². The van der Waals surface area contributed by atoms with Crippen LogP contribution in [-0.2, 0) is 4.79 Å². The predicted octanol–water partition coefficient (Wildman–Crippen LogP) is 3.72. The summed E-state index contributed by atoms with van der Waals surface area (Å²) in [5.41, 5.74) is 1.10. The van der Waals surface area contributed by atoms with E-state index in [9.17, 15) is 4.79 Å². The number of halogens is 1. The summed E-state index contributed by atoms with van der Waals surface area (Å²) < 4.78 is 0. The highest BCUT2D eigenvalue weighted by atomic mass is 79.9. The van der Waals surface area contributed by atoms with Gasteiger partial charge in [0.2, 0.25) is 5.91 Å². The van der Waals surface area contributed by atoms with Crippen molar-refractivity contribution in [2.45, 2.75) is 37.9 Å². The van der Waals surface area contributed by atoms with Crippen LogP contribution in [0.2, 0.25) is 0 Å². The SMILES string of the molecule is CCC(C)C(C(=O)NCC(C)Br)c1ccccc1. The van der Waals surface area contributed by atoms with Gasteiger partial charge in [0, 0.05) is 11.4 Å². The van der Waals surface area contributed by atoms with Gasteiger partial charge in [-0.25, -0.2) is 0 Å². The van der Waals surface area contributed by atoms with Crippen LogP contribution in [-0.4, -0.2) is 17.3 Å². The number of hydrogen-bond acceptors (Lipinski definition) is 1. The smallest absolute Gasteiger partial charge is 0.227 e. The van der Waals surface area contributed by atoms with Crippen LogP contribution in [0.1, 0.15) is 38.7 Å². The largest absolute Gasteiger partial charge is 0.354 e. The Balaban J connectivity index is 2.82. The molecule has 18 heavy (non-hydrogen) atoms. The van der Waals surface area contributed by atoms with E-state index in [-0.39, 0.29) is 11.8 Å². The topological polar surface area (TPSA) is 29.1 Å².